The maximum absolute atomic E-state index is 11.9. The van der Waals surface area contributed by atoms with Gasteiger partial charge in [-0.15, -0.1) is 0 Å². The Morgan fingerprint density at radius 3 is 2.55 bits per heavy atom. The Bertz CT molecular complexity index is 438. The molecule has 0 bridgehead atoms. The van der Waals surface area contributed by atoms with Crippen LogP contribution in [0.3, 0.4) is 0 Å². The van der Waals surface area contributed by atoms with Crippen LogP contribution in [0.25, 0.3) is 0 Å². The third-order valence-electron chi connectivity index (χ3n) is 3.01. The fraction of sp³-hybridized carbons (Fsp3) is 0.533. The molecule has 20 heavy (non-hydrogen) atoms. The second-order valence-electron chi connectivity index (χ2n) is 5.40. The number of halogens is 1. The van der Waals surface area contributed by atoms with Crippen molar-refractivity contribution in [3.8, 4) is 0 Å². The quantitative estimate of drug-likeness (QED) is 0.756. The molecular formula is C15H23ClN2O2. The third kappa shape index (κ3) is 5.80. The fourth-order valence-electron chi connectivity index (χ4n) is 2.03. The number of nitrogens with one attached hydrogen (secondary N) is 2. The summed E-state index contributed by atoms with van der Waals surface area (Å²) < 4.78 is 0. The molecule has 2 amide bonds. The van der Waals surface area contributed by atoms with E-state index in [0.29, 0.717) is 10.9 Å². The standard InChI is InChI=1S/C15H23ClN2O2/c1-10(2)7-14(9-19)18-15(20)17-11(3)12-5-4-6-13(16)8-12/h4-6,8,10-11,14,19H,7,9H2,1-3H3,(H2,17,18,20). The Kier molecular flexibility index (Phi) is 6.82. The molecule has 2 unspecified atom stereocenters. The first-order chi connectivity index (χ1) is 9.42. The summed E-state index contributed by atoms with van der Waals surface area (Å²) in [4.78, 5) is 11.9. The van der Waals surface area contributed by atoms with Crippen molar-refractivity contribution in [2.75, 3.05) is 6.61 Å². The van der Waals surface area contributed by atoms with Gasteiger partial charge in [-0.3, -0.25) is 0 Å². The predicted molar refractivity (Wildman–Crippen MR) is 81.9 cm³/mol. The lowest BCUT2D eigenvalue weighted by Crippen LogP contribution is -2.45. The highest BCUT2D eigenvalue weighted by molar-refractivity contribution is 6.30. The number of aliphatic hydroxyl groups excluding tert-OH is 1. The van der Waals surface area contributed by atoms with Gasteiger partial charge in [0.2, 0.25) is 0 Å². The topological polar surface area (TPSA) is 61.4 Å². The van der Waals surface area contributed by atoms with Crippen molar-refractivity contribution in [3.63, 3.8) is 0 Å². The molecule has 1 rings (SSSR count). The second-order valence-corrected chi connectivity index (χ2v) is 5.84. The van der Waals surface area contributed by atoms with Gasteiger partial charge >= 0.3 is 6.03 Å². The first-order valence-corrected chi connectivity index (χ1v) is 7.23. The van der Waals surface area contributed by atoms with Crippen molar-refractivity contribution in [2.24, 2.45) is 5.92 Å². The number of urea groups is 1. The van der Waals surface area contributed by atoms with Crippen LogP contribution in [0.2, 0.25) is 5.02 Å². The van der Waals surface area contributed by atoms with Gasteiger partial charge in [-0.1, -0.05) is 37.6 Å². The maximum atomic E-state index is 11.9. The van der Waals surface area contributed by atoms with E-state index in [9.17, 15) is 9.90 Å². The maximum Gasteiger partial charge on any atom is 0.315 e. The first-order valence-electron chi connectivity index (χ1n) is 6.85. The van der Waals surface area contributed by atoms with Crippen LogP contribution in [-0.2, 0) is 0 Å². The summed E-state index contributed by atoms with van der Waals surface area (Å²) in [6.07, 6.45) is 0.746. The van der Waals surface area contributed by atoms with Gasteiger partial charge in [0, 0.05) is 5.02 Å². The molecule has 0 aromatic heterocycles. The van der Waals surface area contributed by atoms with Gasteiger partial charge in [0.25, 0.3) is 0 Å². The van der Waals surface area contributed by atoms with E-state index in [1.807, 2.05) is 25.1 Å². The number of rotatable bonds is 6. The molecule has 0 saturated heterocycles. The van der Waals surface area contributed by atoms with Gasteiger partial charge in [-0.25, -0.2) is 4.79 Å². The van der Waals surface area contributed by atoms with Gasteiger partial charge in [-0.05, 0) is 37.0 Å². The molecular weight excluding hydrogens is 276 g/mol. The van der Waals surface area contributed by atoms with E-state index in [1.54, 1.807) is 6.07 Å². The van der Waals surface area contributed by atoms with Crippen LogP contribution >= 0.6 is 11.6 Å². The van der Waals surface area contributed by atoms with Gasteiger partial charge in [0.15, 0.2) is 0 Å². The molecule has 0 saturated carbocycles. The largest absolute Gasteiger partial charge is 0.394 e. The zero-order valence-electron chi connectivity index (χ0n) is 12.2. The molecule has 0 radical (unpaired) electrons. The van der Waals surface area contributed by atoms with E-state index in [4.69, 9.17) is 11.6 Å². The van der Waals surface area contributed by atoms with Crippen LogP contribution in [0, 0.1) is 5.92 Å². The second kappa shape index (κ2) is 8.12. The van der Waals surface area contributed by atoms with Crippen LogP contribution in [0.1, 0.15) is 38.8 Å². The van der Waals surface area contributed by atoms with E-state index in [1.165, 1.54) is 0 Å². The smallest absolute Gasteiger partial charge is 0.315 e. The van der Waals surface area contributed by atoms with Crippen LogP contribution in [0.15, 0.2) is 24.3 Å². The zero-order chi connectivity index (χ0) is 15.1. The average Bonchev–Trinajstić information content (AvgIpc) is 2.37. The molecule has 5 heteroatoms. The lowest BCUT2D eigenvalue weighted by atomic mass is 10.0. The minimum Gasteiger partial charge on any atom is -0.394 e. The molecule has 4 nitrogen and oxygen atoms in total. The number of carbonyl (C=O) groups excluding carboxylic acids is 1. The molecule has 3 N–H and O–H groups in total. The molecule has 0 heterocycles. The van der Waals surface area contributed by atoms with E-state index in [2.05, 4.69) is 24.5 Å². The van der Waals surface area contributed by atoms with Gasteiger partial charge in [0.1, 0.15) is 0 Å². The normalized spacial score (nSPS) is 13.9. The van der Waals surface area contributed by atoms with E-state index in [0.717, 1.165) is 12.0 Å². The number of carbonyl (C=O) groups is 1. The summed E-state index contributed by atoms with van der Waals surface area (Å²) in [5, 5.41) is 15.5. The Labute approximate surface area is 125 Å². The van der Waals surface area contributed by atoms with E-state index < -0.39 is 0 Å². The number of benzene rings is 1. The number of aliphatic hydroxyl groups is 1. The van der Waals surface area contributed by atoms with E-state index >= 15 is 0 Å². The molecule has 2 atom stereocenters. The third-order valence-corrected chi connectivity index (χ3v) is 3.24. The summed E-state index contributed by atoms with van der Waals surface area (Å²) in [5.41, 5.74) is 0.942. The summed E-state index contributed by atoms with van der Waals surface area (Å²) >= 11 is 5.93. The molecule has 0 aliphatic rings. The predicted octanol–water partition coefficient (Wildman–Crippen LogP) is 3.11. The minimum atomic E-state index is -0.280. The number of amides is 2. The van der Waals surface area contributed by atoms with Gasteiger partial charge in [-0.2, -0.15) is 0 Å². The highest BCUT2D eigenvalue weighted by Crippen LogP contribution is 2.17. The van der Waals surface area contributed by atoms with Crippen LogP contribution in [0.5, 0.6) is 0 Å². The van der Waals surface area contributed by atoms with Gasteiger partial charge in [0.05, 0.1) is 18.7 Å². The van der Waals surface area contributed by atoms with Crippen molar-refractivity contribution in [1.29, 1.82) is 0 Å². The number of hydrogen-bond donors (Lipinski definition) is 3. The van der Waals surface area contributed by atoms with Crippen molar-refractivity contribution in [3.05, 3.63) is 34.9 Å². The minimum absolute atomic E-state index is 0.0584. The first kappa shape index (κ1) is 16.8. The Morgan fingerprint density at radius 1 is 1.30 bits per heavy atom. The summed E-state index contributed by atoms with van der Waals surface area (Å²) in [6, 6.07) is 6.73. The van der Waals surface area contributed by atoms with E-state index in [-0.39, 0.29) is 24.7 Å². The molecule has 0 spiro atoms. The SMILES string of the molecule is CC(C)CC(CO)NC(=O)NC(C)c1cccc(Cl)c1. The monoisotopic (exact) mass is 298 g/mol. The van der Waals surface area contributed by atoms with Crippen LogP contribution < -0.4 is 10.6 Å². The molecule has 1 aromatic carbocycles. The molecule has 0 fully saturated rings. The Morgan fingerprint density at radius 2 is 2.00 bits per heavy atom. The lowest BCUT2D eigenvalue weighted by molar-refractivity contribution is 0.205. The van der Waals surface area contributed by atoms with Crippen LogP contribution in [0.4, 0.5) is 4.79 Å². The number of hydrogen-bond acceptors (Lipinski definition) is 2. The highest BCUT2D eigenvalue weighted by Gasteiger charge is 2.15. The molecule has 0 aliphatic carbocycles. The molecule has 112 valence electrons. The van der Waals surface area contributed by atoms with Crippen molar-refractivity contribution in [2.45, 2.75) is 39.3 Å². The fourth-order valence-corrected chi connectivity index (χ4v) is 2.23. The van der Waals surface area contributed by atoms with Gasteiger partial charge < -0.3 is 15.7 Å². The summed E-state index contributed by atoms with van der Waals surface area (Å²) in [5.74, 6) is 0.415. The molecule has 1 aromatic rings. The molecule has 0 aliphatic heterocycles. The summed E-state index contributed by atoms with van der Waals surface area (Å²) in [7, 11) is 0. The zero-order valence-corrected chi connectivity index (χ0v) is 12.9. The average molecular weight is 299 g/mol. The lowest BCUT2D eigenvalue weighted by Gasteiger charge is -2.21. The van der Waals surface area contributed by atoms with Crippen molar-refractivity contribution in [1.82, 2.24) is 10.6 Å². The highest BCUT2D eigenvalue weighted by atomic mass is 35.5. The van der Waals surface area contributed by atoms with Crippen molar-refractivity contribution >= 4 is 17.6 Å². The Hall–Kier alpha value is -1.26. The Balaban J connectivity index is 2.53. The van der Waals surface area contributed by atoms with Crippen LogP contribution in [-0.4, -0.2) is 23.8 Å². The summed E-state index contributed by atoms with van der Waals surface area (Å²) in [6.45, 7) is 5.94. The van der Waals surface area contributed by atoms with Crippen molar-refractivity contribution < 1.29 is 9.90 Å².